The fourth-order valence-electron chi connectivity index (χ4n) is 4.94. The monoisotopic (exact) mass is 670 g/mol. The topological polar surface area (TPSA) is 107 Å². The molecule has 3 N–H and O–H groups in total. The number of aliphatic imine (C=N–C) groups is 1. The van der Waals surface area contributed by atoms with Gasteiger partial charge in [0.25, 0.3) is 0 Å². The van der Waals surface area contributed by atoms with E-state index in [9.17, 15) is 0 Å². The molecule has 0 saturated carbocycles. The molecule has 0 bridgehead atoms. The number of nitrogens with two attached hydrogens (primary N) is 1. The maximum absolute atomic E-state index is 7.00. The molecule has 2 aromatic heterocycles. The van der Waals surface area contributed by atoms with Crippen LogP contribution in [0.3, 0.4) is 0 Å². The van der Waals surface area contributed by atoms with E-state index < -0.39 is 0 Å². The lowest BCUT2D eigenvalue weighted by Gasteiger charge is -2.13. The van der Waals surface area contributed by atoms with Crippen LogP contribution in [-0.2, 0) is 10.5 Å². The standard InChI is InChI=1S/C22H29N3.C17H21NO2S.CH4O/c1-6-9-12-19(14-15-20-13-10-11-16-25-20)21(18(5)24-8-3)22(23)17(4)7-2;1-12-8-9-15(19-12)10-21-11-16-13(2)18-20-17(16)14-6-4-3-5-7-14;1-2/h8,10-13,16H,6-7,9,23H2,1-5H3;3-7,12,15H,8-11H2,1-2H3;2H,1H3/b19-12-,21-18-,22-17-,24-8?;;. The predicted octanol–water partition coefficient (Wildman–Crippen LogP) is 9.23. The minimum atomic E-state index is 0.408. The summed E-state index contributed by atoms with van der Waals surface area (Å²) in [6, 6.07) is 15.9. The lowest BCUT2D eigenvalue weighted by Crippen LogP contribution is -2.11. The average Bonchev–Trinajstić information content (AvgIpc) is 3.71. The Balaban J connectivity index is 0.000000320. The molecule has 3 heterocycles. The van der Waals surface area contributed by atoms with Crippen molar-refractivity contribution in [2.24, 2.45) is 10.7 Å². The van der Waals surface area contributed by atoms with Crippen molar-refractivity contribution in [1.29, 1.82) is 0 Å². The number of unbranched alkanes of at least 4 members (excludes halogenated alkanes) is 1. The normalized spacial score (nSPS) is 16.9. The number of benzene rings is 1. The first kappa shape index (κ1) is 40.3. The SMILES string of the molecule is CC=N/C(C)=C(C(/C#Cc1ccccn1)=C\CCC)\C(N)=C(/C)CC.CO.Cc1noc(-c2ccccc2)c1CSCC1CCC(C)O1. The number of ether oxygens (including phenoxy) is 1. The molecule has 258 valence electrons. The van der Waals surface area contributed by atoms with Gasteiger partial charge in [0.2, 0.25) is 0 Å². The summed E-state index contributed by atoms with van der Waals surface area (Å²) in [6.45, 7) is 14.4. The number of pyridine rings is 1. The number of aryl methyl sites for hydroxylation is 1. The smallest absolute Gasteiger partial charge is 0.171 e. The van der Waals surface area contributed by atoms with Crippen LogP contribution in [0.4, 0.5) is 0 Å². The first-order valence-electron chi connectivity index (χ1n) is 16.8. The summed E-state index contributed by atoms with van der Waals surface area (Å²) >= 11 is 1.91. The van der Waals surface area contributed by atoms with E-state index in [0.717, 1.165) is 88.7 Å². The van der Waals surface area contributed by atoms with E-state index in [2.05, 4.69) is 72.9 Å². The molecule has 4 rings (SSSR count). The quantitative estimate of drug-likeness (QED) is 0.119. The first-order valence-corrected chi connectivity index (χ1v) is 17.9. The van der Waals surface area contributed by atoms with Crippen LogP contribution in [0.5, 0.6) is 0 Å². The third-order valence-electron chi connectivity index (χ3n) is 7.73. The number of aliphatic hydroxyl groups is 1. The molecule has 48 heavy (non-hydrogen) atoms. The number of allylic oxidation sites excluding steroid dienone is 4. The number of nitrogens with zero attached hydrogens (tertiary/aromatic N) is 3. The van der Waals surface area contributed by atoms with E-state index in [1.807, 2.05) is 68.9 Å². The van der Waals surface area contributed by atoms with E-state index in [0.29, 0.717) is 12.2 Å². The number of aromatic nitrogens is 2. The molecule has 0 radical (unpaired) electrons. The molecule has 1 aliphatic rings. The minimum absolute atomic E-state index is 0.408. The molecule has 8 heteroatoms. The number of thioether (sulfide) groups is 1. The van der Waals surface area contributed by atoms with Gasteiger partial charge in [-0.2, -0.15) is 11.8 Å². The van der Waals surface area contributed by atoms with Gasteiger partial charge in [-0.3, -0.25) is 4.99 Å². The fraction of sp³-hybridized carbons (Fsp3) is 0.425. The van der Waals surface area contributed by atoms with E-state index in [1.165, 1.54) is 18.4 Å². The molecule has 1 aliphatic heterocycles. The van der Waals surface area contributed by atoms with Crippen molar-refractivity contribution in [2.45, 2.75) is 98.5 Å². The Morgan fingerprint density at radius 1 is 1.10 bits per heavy atom. The van der Waals surface area contributed by atoms with Gasteiger partial charge in [0, 0.05) is 64.7 Å². The molecule has 0 spiro atoms. The highest BCUT2D eigenvalue weighted by Crippen LogP contribution is 2.31. The van der Waals surface area contributed by atoms with Gasteiger partial charge in [0.05, 0.1) is 17.9 Å². The van der Waals surface area contributed by atoms with Crippen molar-refractivity contribution < 1.29 is 14.4 Å². The summed E-state index contributed by atoms with van der Waals surface area (Å²) in [7, 11) is 1.00. The molecule has 1 fully saturated rings. The van der Waals surface area contributed by atoms with Crippen LogP contribution < -0.4 is 5.73 Å². The summed E-state index contributed by atoms with van der Waals surface area (Å²) < 4.78 is 11.4. The van der Waals surface area contributed by atoms with Gasteiger partial charge in [-0.05, 0) is 83.9 Å². The maximum Gasteiger partial charge on any atom is 0.171 e. The van der Waals surface area contributed by atoms with E-state index in [-0.39, 0.29) is 0 Å². The zero-order chi connectivity index (χ0) is 35.3. The van der Waals surface area contributed by atoms with Crippen LogP contribution in [0.1, 0.15) is 90.6 Å². The van der Waals surface area contributed by atoms with Crippen molar-refractivity contribution in [3.05, 3.63) is 106 Å². The molecule has 1 saturated heterocycles. The average molecular weight is 671 g/mol. The maximum atomic E-state index is 7.00. The Kier molecular flexibility index (Phi) is 19.0. The van der Waals surface area contributed by atoms with Crippen LogP contribution >= 0.6 is 11.8 Å². The lowest BCUT2D eigenvalue weighted by atomic mass is 9.96. The van der Waals surface area contributed by atoms with Crippen molar-refractivity contribution in [1.82, 2.24) is 10.1 Å². The second-order valence-electron chi connectivity index (χ2n) is 11.4. The third-order valence-corrected chi connectivity index (χ3v) is 8.83. The lowest BCUT2D eigenvalue weighted by molar-refractivity contribution is 0.0700. The van der Waals surface area contributed by atoms with E-state index in [1.54, 1.807) is 12.4 Å². The largest absolute Gasteiger partial charge is 0.400 e. The molecule has 2 unspecified atom stereocenters. The molecular formula is C40H54N4O3S. The number of hydrogen-bond acceptors (Lipinski definition) is 8. The Morgan fingerprint density at radius 2 is 1.83 bits per heavy atom. The van der Waals surface area contributed by atoms with Crippen molar-refractivity contribution in [3.8, 4) is 23.2 Å². The second kappa shape index (κ2) is 22.6. The number of rotatable bonds is 11. The highest BCUT2D eigenvalue weighted by atomic mass is 32.2. The zero-order valence-electron chi connectivity index (χ0n) is 30.0. The molecule has 7 nitrogen and oxygen atoms in total. The van der Waals surface area contributed by atoms with Gasteiger partial charge in [-0.15, -0.1) is 0 Å². The predicted molar refractivity (Wildman–Crippen MR) is 203 cm³/mol. The van der Waals surface area contributed by atoms with Gasteiger partial charge in [-0.1, -0.05) is 73.8 Å². The summed E-state index contributed by atoms with van der Waals surface area (Å²) in [5, 5.41) is 11.1. The summed E-state index contributed by atoms with van der Waals surface area (Å²) in [6.07, 6.45) is 11.8. The van der Waals surface area contributed by atoms with Gasteiger partial charge < -0.3 is 20.1 Å². The van der Waals surface area contributed by atoms with Crippen molar-refractivity contribution in [3.63, 3.8) is 0 Å². The van der Waals surface area contributed by atoms with Crippen LogP contribution in [0.2, 0.25) is 0 Å². The molecule has 0 aliphatic carbocycles. The number of aliphatic hydroxyl groups excluding tert-OH is 1. The summed E-state index contributed by atoms with van der Waals surface area (Å²) in [5.74, 6) is 9.30. The van der Waals surface area contributed by atoms with Gasteiger partial charge in [0.15, 0.2) is 5.76 Å². The molecule has 0 amide bonds. The van der Waals surface area contributed by atoms with Gasteiger partial charge >= 0.3 is 0 Å². The molecule has 3 aromatic rings. The van der Waals surface area contributed by atoms with Crippen molar-refractivity contribution in [2.75, 3.05) is 12.9 Å². The molecular weight excluding hydrogens is 617 g/mol. The first-order chi connectivity index (χ1) is 23.3. The van der Waals surface area contributed by atoms with Crippen LogP contribution in [0, 0.1) is 18.8 Å². The molecule has 1 aromatic carbocycles. The zero-order valence-corrected chi connectivity index (χ0v) is 30.9. The Labute approximate surface area is 292 Å². The van der Waals surface area contributed by atoms with Crippen molar-refractivity contribution >= 4 is 18.0 Å². The van der Waals surface area contributed by atoms with Gasteiger partial charge in [-0.25, -0.2) is 4.98 Å². The Morgan fingerprint density at radius 3 is 2.44 bits per heavy atom. The van der Waals surface area contributed by atoms with Crippen LogP contribution in [0.25, 0.3) is 11.3 Å². The Bertz CT molecular complexity index is 1560. The Hall–Kier alpha value is -3.90. The minimum Gasteiger partial charge on any atom is -0.400 e. The molecule has 2 atom stereocenters. The van der Waals surface area contributed by atoms with Gasteiger partial charge in [0.1, 0.15) is 5.69 Å². The summed E-state index contributed by atoms with van der Waals surface area (Å²) in [5.41, 5.74) is 15.1. The third kappa shape index (κ3) is 13.0. The highest BCUT2D eigenvalue weighted by Gasteiger charge is 2.22. The van der Waals surface area contributed by atoms with E-state index >= 15 is 0 Å². The second-order valence-corrected chi connectivity index (χ2v) is 12.4. The van der Waals surface area contributed by atoms with E-state index in [4.69, 9.17) is 20.1 Å². The number of hydrogen-bond donors (Lipinski definition) is 2. The summed E-state index contributed by atoms with van der Waals surface area (Å²) in [4.78, 5) is 8.74. The van der Waals surface area contributed by atoms with Crippen LogP contribution in [-0.4, -0.2) is 46.5 Å². The fourth-order valence-corrected chi connectivity index (χ4v) is 6.11. The van der Waals surface area contributed by atoms with Crippen LogP contribution in [0.15, 0.2) is 98.4 Å². The highest BCUT2D eigenvalue weighted by molar-refractivity contribution is 7.98.